The third kappa shape index (κ3) is 5.10. The summed E-state index contributed by atoms with van der Waals surface area (Å²) < 4.78 is 42.9. The fourth-order valence-corrected chi connectivity index (χ4v) is 4.47. The molecule has 11 heteroatoms. The predicted octanol–water partition coefficient (Wildman–Crippen LogP) is 2.69. The van der Waals surface area contributed by atoms with Gasteiger partial charge < -0.3 is 13.6 Å². The molecule has 1 N–H and O–H groups in total. The first-order valence-corrected chi connectivity index (χ1v) is 11.9. The van der Waals surface area contributed by atoms with Crippen LogP contribution in [0, 0.1) is 13.8 Å². The lowest BCUT2D eigenvalue weighted by atomic mass is 10.1. The van der Waals surface area contributed by atoms with Crippen LogP contribution in [0.4, 0.5) is 0 Å². The highest BCUT2D eigenvalue weighted by Crippen LogP contribution is 2.33. The van der Waals surface area contributed by atoms with Crippen molar-refractivity contribution in [3.05, 3.63) is 77.6 Å². The maximum atomic E-state index is 12.8. The van der Waals surface area contributed by atoms with Crippen LogP contribution >= 0.6 is 0 Å². The van der Waals surface area contributed by atoms with Gasteiger partial charge in [-0.3, -0.25) is 9.59 Å². The molecule has 10 nitrogen and oxygen atoms in total. The number of hydrogen-bond acceptors (Lipinski definition) is 8. The zero-order valence-corrected chi connectivity index (χ0v) is 19.4. The van der Waals surface area contributed by atoms with Crippen LogP contribution in [0.2, 0.25) is 0 Å². The van der Waals surface area contributed by atoms with Crippen LogP contribution in [0.5, 0.6) is 0 Å². The molecule has 0 fully saturated rings. The monoisotopic (exact) mass is 485 g/mol. The molecule has 1 unspecified atom stereocenters. The van der Waals surface area contributed by atoms with Gasteiger partial charge in [0.25, 0.3) is 5.91 Å². The molecule has 1 atom stereocenters. The molecular weight excluding hydrogens is 462 g/mol. The maximum Gasteiger partial charge on any atom is 0.321 e. The Kier molecular flexibility index (Phi) is 6.66. The normalized spacial score (nSPS) is 15.9. The number of carbonyl (C=O) groups excluding carboxylic acids is 2. The first-order valence-electron chi connectivity index (χ1n) is 10.4. The number of rotatable bonds is 8. The molecule has 0 aliphatic carbocycles. The minimum absolute atomic E-state index is 0.0395. The second kappa shape index (κ2) is 9.65. The summed E-state index contributed by atoms with van der Waals surface area (Å²) in [4.78, 5) is 25.0. The zero-order valence-electron chi connectivity index (χ0n) is 18.6. The van der Waals surface area contributed by atoms with E-state index in [-0.39, 0.29) is 4.90 Å². The van der Waals surface area contributed by atoms with Gasteiger partial charge in [-0.25, -0.2) is 13.4 Å². The molecule has 1 aromatic carbocycles. The van der Waals surface area contributed by atoms with E-state index in [9.17, 15) is 18.0 Å². The maximum absolute atomic E-state index is 12.8. The molecule has 0 saturated carbocycles. The summed E-state index contributed by atoms with van der Waals surface area (Å²) in [6.07, 6.45) is 3.35. The molecule has 178 valence electrons. The molecule has 3 aromatic rings. The second-order valence-electron chi connectivity index (χ2n) is 7.73. The predicted molar refractivity (Wildman–Crippen MR) is 120 cm³/mol. The van der Waals surface area contributed by atoms with Crippen molar-refractivity contribution in [2.75, 3.05) is 13.2 Å². The van der Waals surface area contributed by atoms with Gasteiger partial charge in [0.2, 0.25) is 10.0 Å². The number of esters is 1. The molecular formula is C23H23N3O7S. The molecule has 4 rings (SSSR count). The van der Waals surface area contributed by atoms with Gasteiger partial charge in [-0.15, -0.1) is 0 Å². The molecule has 0 spiro atoms. The highest BCUT2D eigenvalue weighted by molar-refractivity contribution is 7.89. The second-order valence-corrected chi connectivity index (χ2v) is 9.50. The van der Waals surface area contributed by atoms with E-state index in [1.807, 2.05) is 6.92 Å². The Balaban J connectivity index is 1.37. The number of benzene rings is 1. The molecule has 0 radical (unpaired) electrons. The first kappa shape index (κ1) is 23.5. The number of hydrazone groups is 1. The van der Waals surface area contributed by atoms with Crippen molar-refractivity contribution in [2.45, 2.75) is 31.2 Å². The summed E-state index contributed by atoms with van der Waals surface area (Å²) in [5, 5.41) is 5.51. The lowest BCUT2D eigenvalue weighted by Gasteiger charge is -2.19. The van der Waals surface area contributed by atoms with E-state index >= 15 is 0 Å². The Bertz CT molecular complexity index is 1310. The summed E-state index contributed by atoms with van der Waals surface area (Å²) in [7, 11) is -3.91. The van der Waals surface area contributed by atoms with Crippen LogP contribution in [0.1, 0.15) is 35.1 Å². The van der Waals surface area contributed by atoms with Crippen LogP contribution < -0.4 is 4.72 Å². The molecule has 2 aromatic heterocycles. The van der Waals surface area contributed by atoms with Gasteiger partial charge in [-0.2, -0.15) is 9.82 Å². The van der Waals surface area contributed by atoms with Crippen LogP contribution in [-0.2, 0) is 24.3 Å². The SMILES string of the molecule is Cc1ccc(S(=O)(=O)NCC(=O)OCC(=O)N2N=C(c3ccco3)CC2c2ccco2)cc1C. The lowest BCUT2D eigenvalue weighted by Crippen LogP contribution is -2.34. The van der Waals surface area contributed by atoms with Crippen LogP contribution in [0.15, 0.2) is 73.8 Å². The van der Waals surface area contributed by atoms with Crippen molar-refractivity contribution in [1.29, 1.82) is 0 Å². The van der Waals surface area contributed by atoms with Gasteiger partial charge in [0, 0.05) is 6.42 Å². The Labute approximate surface area is 196 Å². The molecule has 1 amide bonds. The lowest BCUT2D eigenvalue weighted by molar-refractivity contribution is -0.152. The Morgan fingerprint density at radius 3 is 2.56 bits per heavy atom. The van der Waals surface area contributed by atoms with Crippen molar-refractivity contribution >= 4 is 27.6 Å². The number of nitrogens with one attached hydrogen (secondary N) is 1. The van der Waals surface area contributed by atoms with E-state index < -0.39 is 41.1 Å². The standard InChI is InChI=1S/C23H23N3O7S/c1-15-7-8-17(11-16(15)2)34(29,30)24-13-23(28)33-14-22(27)26-19(21-6-4-10-32-21)12-18(25-26)20-5-3-9-31-20/h3-11,19,24H,12-14H2,1-2H3. The largest absolute Gasteiger partial charge is 0.467 e. The highest BCUT2D eigenvalue weighted by atomic mass is 32.2. The van der Waals surface area contributed by atoms with E-state index in [2.05, 4.69) is 9.82 Å². The quantitative estimate of drug-likeness (QED) is 0.485. The van der Waals surface area contributed by atoms with Gasteiger partial charge >= 0.3 is 5.97 Å². The number of nitrogens with zero attached hydrogens (tertiary/aromatic N) is 2. The van der Waals surface area contributed by atoms with Crippen molar-refractivity contribution in [3.8, 4) is 0 Å². The fourth-order valence-electron chi connectivity index (χ4n) is 3.41. The Morgan fingerprint density at radius 2 is 1.88 bits per heavy atom. The van der Waals surface area contributed by atoms with E-state index in [4.69, 9.17) is 13.6 Å². The number of hydrogen-bond donors (Lipinski definition) is 1. The first-order chi connectivity index (χ1) is 16.2. The number of furan rings is 2. The van der Waals surface area contributed by atoms with Crippen molar-refractivity contribution in [1.82, 2.24) is 9.73 Å². The minimum atomic E-state index is -3.91. The van der Waals surface area contributed by atoms with Crippen molar-refractivity contribution in [2.24, 2.45) is 5.10 Å². The summed E-state index contributed by atoms with van der Waals surface area (Å²) >= 11 is 0. The molecule has 0 bridgehead atoms. The van der Waals surface area contributed by atoms with Gasteiger partial charge in [-0.1, -0.05) is 6.07 Å². The summed E-state index contributed by atoms with van der Waals surface area (Å²) in [6.45, 7) is 2.43. The molecule has 0 saturated heterocycles. The topological polar surface area (TPSA) is 131 Å². The van der Waals surface area contributed by atoms with Gasteiger partial charge in [0.05, 0.1) is 17.4 Å². The highest BCUT2D eigenvalue weighted by Gasteiger charge is 2.36. The van der Waals surface area contributed by atoms with Gasteiger partial charge in [0.15, 0.2) is 6.61 Å². The third-order valence-corrected chi connectivity index (χ3v) is 6.79. The summed E-state index contributed by atoms with van der Waals surface area (Å²) in [5.41, 5.74) is 2.30. The Morgan fingerprint density at radius 1 is 1.12 bits per heavy atom. The van der Waals surface area contributed by atoms with E-state index in [1.54, 1.807) is 37.3 Å². The van der Waals surface area contributed by atoms with Crippen LogP contribution in [-0.4, -0.2) is 44.2 Å². The summed E-state index contributed by atoms with van der Waals surface area (Å²) in [6, 6.07) is 11.0. The van der Waals surface area contributed by atoms with E-state index in [1.165, 1.54) is 29.7 Å². The molecule has 34 heavy (non-hydrogen) atoms. The minimum Gasteiger partial charge on any atom is -0.467 e. The van der Waals surface area contributed by atoms with Gasteiger partial charge in [-0.05, 0) is 61.4 Å². The van der Waals surface area contributed by atoms with Crippen LogP contribution in [0.25, 0.3) is 0 Å². The molecule has 1 aliphatic heterocycles. The number of ether oxygens (including phenoxy) is 1. The smallest absolute Gasteiger partial charge is 0.321 e. The van der Waals surface area contributed by atoms with Crippen molar-refractivity contribution in [3.63, 3.8) is 0 Å². The average Bonchev–Trinajstić information content (AvgIpc) is 3.58. The molecule has 1 aliphatic rings. The van der Waals surface area contributed by atoms with Crippen molar-refractivity contribution < 1.29 is 31.6 Å². The summed E-state index contributed by atoms with van der Waals surface area (Å²) in [5.74, 6) is -0.450. The zero-order chi connectivity index (χ0) is 24.3. The van der Waals surface area contributed by atoms with E-state index in [0.29, 0.717) is 23.7 Å². The van der Waals surface area contributed by atoms with Gasteiger partial charge in [0.1, 0.15) is 29.8 Å². The van der Waals surface area contributed by atoms with Crippen LogP contribution in [0.3, 0.4) is 0 Å². The Hall–Kier alpha value is -3.70. The number of carbonyl (C=O) groups is 2. The number of sulfonamides is 1. The average molecular weight is 486 g/mol. The third-order valence-electron chi connectivity index (χ3n) is 5.39. The number of aryl methyl sites for hydroxylation is 2. The van der Waals surface area contributed by atoms with E-state index in [0.717, 1.165) is 11.1 Å². The number of amides is 1. The molecule has 3 heterocycles. The fraction of sp³-hybridized carbons (Fsp3) is 0.261.